The van der Waals surface area contributed by atoms with Crippen molar-refractivity contribution in [2.24, 2.45) is 0 Å². The Morgan fingerprint density at radius 3 is 2.58 bits per heavy atom. The third kappa shape index (κ3) is 4.91. The predicted octanol–water partition coefficient (Wildman–Crippen LogP) is 7.07. The normalized spacial score (nSPS) is 20.7. The fourth-order valence-corrected chi connectivity index (χ4v) is 6.09. The molecular formula is C33H36N2O. The van der Waals surface area contributed by atoms with Gasteiger partial charge in [0, 0.05) is 30.6 Å². The number of hydrogen-bond donors (Lipinski definition) is 1. The molecule has 3 heteroatoms. The number of rotatable bonds is 7. The molecule has 0 aromatic heterocycles. The lowest BCUT2D eigenvalue weighted by Crippen LogP contribution is -2.37. The molecule has 36 heavy (non-hydrogen) atoms. The third-order valence-corrected chi connectivity index (χ3v) is 7.99. The monoisotopic (exact) mass is 476 g/mol. The van der Waals surface area contributed by atoms with Gasteiger partial charge >= 0.3 is 0 Å². The first kappa shape index (κ1) is 23.3. The molecule has 1 fully saturated rings. The number of ether oxygens (including phenoxy) is 1. The maximum absolute atomic E-state index is 6.52. The van der Waals surface area contributed by atoms with Gasteiger partial charge in [-0.2, -0.15) is 0 Å². The summed E-state index contributed by atoms with van der Waals surface area (Å²) in [7, 11) is 0. The van der Waals surface area contributed by atoms with E-state index in [9.17, 15) is 0 Å². The van der Waals surface area contributed by atoms with Gasteiger partial charge in [0.1, 0.15) is 11.9 Å². The second-order valence-corrected chi connectivity index (χ2v) is 10.5. The highest BCUT2D eigenvalue weighted by molar-refractivity contribution is 5.86. The van der Waals surface area contributed by atoms with Gasteiger partial charge in [-0.1, -0.05) is 84.9 Å². The predicted molar refractivity (Wildman–Crippen MR) is 149 cm³/mol. The Hall–Kier alpha value is -3.14. The quantitative estimate of drug-likeness (QED) is 0.309. The first-order chi connectivity index (χ1) is 17.7. The number of hydrogen-bond acceptors (Lipinski definition) is 3. The van der Waals surface area contributed by atoms with E-state index in [-0.39, 0.29) is 12.1 Å². The Labute approximate surface area is 215 Å². The van der Waals surface area contributed by atoms with Crippen LogP contribution in [0.5, 0.6) is 5.75 Å². The molecule has 0 amide bonds. The van der Waals surface area contributed by atoms with Gasteiger partial charge in [0.2, 0.25) is 0 Å². The Bertz CT molecular complexity index is 1320. The molecule has 0 radical (unpaired) electrons. The van der Waals surface area contributed by atoms with Crippen LogP contribution >= 0.6 is 0 Å². The lowest BCUT2D eigenvalue weighted by molar-refractivity contribution is 0.159. The van der Waals surface area contributed by atoms with Crippen LogP contribution in [0.3, 0.4) is 0 Å². The Balaban J connectivity index is 1.20. The molecule has 3 unspecified atom stereocenters. The second-order valence-electron chi connectivity index (χ2n) is 10.5. The molecule has 184 valence electrons. The zero-order valence-electron chi connectivity index (χ0n) is 21.2. The summed E-state index contributed by atoms with van der Waals surface area (Å²) in [5, 5.41) is 6.41. The maximum atomic E-state index is 6.52. The maximum Gasteiger partial charge on any atom is 0.123 e. The van der Waals surface area contributed by atoms with Crippen molar-refractivity contribution < 1.29 is 4.74 Å². The second kappa shape index (κ2) is 10.5. The van der Waals surface area contributed by atoms with Crippen molar-refractivity contribution in [3.63, 3.8) is 0 Å². The number of nitrogens with one attached hydrogen (secondary N) is 1. The molecule has 1 saturated heterocycles. The van der Waals surface area contributed by atoms with E-state index in [1.807, 2.05) is 0 Å². The van der Waals surface area contributed by atoms with E-state index in [1.165, 1.54) is 59.0 Å². The van der Waals surface area contributed by atoms with Crippen LogP contribution in [0.4, 0.5) is 0 Å². The molecule has 2 aliphatic rings. The molecule has 1 N–H and O–H groups in total. The Kier molecular flexibility index (Phi) is 6.76. The zero-order valence-corrected chi connectivity index (χ0v) is 21.2. The SMILES string of the molecule is CC(NCC1CC(c2cccc(CN3CCCC3)c2)c2ccccc2O1)c1cccc2ccccc12. The highest BCUT2D eigenvalue weighted by Gasteiger charge is 2.29. The van der Waals surface area contributed by atoms with Crippen LogP contribution in [-0.2, 0) is 6.54 Å². The van der Waals surface area contributed by atoms with Crippen LogP contribution < -0.4 is 10.1 Å². The summed E-state index contributed by atoms with van der Waals surface area (Å²) < 4.78 is 6.52. The average Bonchev–Trinajstić information content (AvgIpc) is 3.44. The summed E-state index contributed by atoms with van der Waals surface area (Å²) in [5.41, 5.74) is 5.50. The van der Waals surface area contributed by atoms with Gasteiger partial charge in [0.25, 0.3) is 0 Å². The summed E-state index contributed by atoms with van der Waals surface area (Å²) in [5.74, 6) is 1.39. The number of nitrogens with zero attached hydrogens (tertiary/aromatic N) is 1. The Morgan fingerprint density at radius 1 is 0.889 bits per heavy atom. The molecule has 4 aromatic rings. The van der Waals surface area contributed by atoms with E-state index in [2.05, 4.69) is 108 Å². The van der Waals surface area contributed by atoms with E-state index < -0.39 is 0 Å². The first-order valence-corrected chi connectivity index (χ1v) is 13.5. The van der Waals surface area contributed by atoms with Crippen LogP contribution in [-0.4, -0.2) is 30.6 Å². The average molecular weight is 477 g/mol. The van der Waals surface area contributed by atoms with Crippen molar-refractivity contribution >= 4 is 10.8 Å². The van der Waals surface area contributed by atoms with Crippen LogP contribution in [0.25, 0.3) is 10.8 Å². The standard InChI is InChI=1S/C33H36N2O/c1-24(29-16-9-12-26-11-2-3-14-30(26)29)34-22-28-21-32(31-15-4-5-17-33(31)36-28)27-13-8-10-25(20-27)23-35-18-6-7-19-35/h2-5,8-17,20,24,28,32,34H,6-7,18-19,21-23H2,1H3. The number of fused-ring (bicyclic) bond motifs is 2. The molecule has 6 rings (SSSR count). The summed E-state index contributed by atoms with van der Waals surface area (Å²) in [6, 6.07) is 33.4. The molecule has 3 nitrogen and oxygen atoms in total. The lowest BCUT2D eigenvalue weighted by Gasteiger charge is -2.33. The first-order valence-electron chi connectivity index (χ1n) is 13.5. The molecule has 0 bridgehead atoms. The van der Waals surface area contributed by atoms with Crippen molar-refractivity contribution in [3.8, 4) is 5.75 Å². The smallest absolute Gasteiger partial charge is 0.123 e. The third-order valence-electron chi connectivity index (χ3n) is 7.99. The Morgan fingerprint density at radius 2 is 1.67 bits per heavy atom. The molecule has 2 aliphatic heterocycles. The molecule has 4 aromatic carbocycles. The number of likely N-dealkylation sites (tertiary alicyclic amines) is 1. The molecular weight excluding hydrogens is 440 g/mol. The van der Waals surface area contributed by atoms with Crippen molar-refractivity contribution in [2.45, 2.75) is 50.8 Å². The fraction of sp³-hybridized carbons (Fsp3) is 0.333. The minimum absolute atomic E-state index is 0.129. The molecule has 0 saturated carbocycles. The van der Waals surface area contributed by atoms with Gasteiger partial charge in [0.05, 0.1) is 0 Å². The van der Waals surface area contributed by atoms with Gasteiger partial charge in [0.15, 0.2) is 0 Å². The highest BCUT2D eigenvalue weighted by Crippen LogP contribution is 2.40. The summed E-state index contributed by atoms with van der Waals surface area (Å²) in [6.45, 7) is 6.60. The van der Waals surface area contributed by atoms with Crippen LogP contribution in [0.15, 0.2) is 91.0 Å². The summed E-state index contributed by atoms with van der Waals surface area (Å²) >= 11 is 0. The van der Waals surface area contributed by atoms with Gasteiger partial charge in [-0.05, 0) is 72.8 Å². The lowest BCUT2D eigenvalue weighted by atomic mass is 9.83. The van der Waals surface area contributed by atoms with Gasteiger partial charge in [-0.15, -0.1) is 0 Å². The largest absolute Gasteiger partial charge is 0.489 e. The van der Waals surface area contributed by atoms with Crippen molar-refractivity contribution in [1.82, 2.24) is 10.2 Å². The van der Waals surface area contributed by atoms with Crippen molar-refractivity contribution in [2.75, 3.05) is 19.6 Å². The van der Waals surface area contributed by atoms with E-state index >= 15 is 0 Å². The van der Waals surface area contributed by atoms with Crippen LogP contribution in [0.2, 0.25) is 0 Å². The van der Waals surface area contributed by atoms with Crippen molar-refractivity contribution in [3.05, 3.63) is 113 Å². The van der Waals surface area contributed by atoms with Gasteiger partial charge in [-0.25, -0.2) is 0 Å². The fourth-order valence-electron chi connectivity index (χ4n) is 6.09. The van der Waals surface area contributed by atoms with Crippen LogP contribution in [0.1, 0.15) is 60.4 Å². The summed E-state index contributed by atoms with van der Waals surface area (Å²) in [6.07, 6.45) is 3.78. The molecule has 3 atom stereocenters. The number of para-hydroxylation sites is 1. The van der Waals surface area contributed by atoms with Gasteiger partial charge < -0.3 is 10.1 Å². The molecule has 0 aliphatic carbocycles. The molecule has 2 heterocycles. The van der Waals surface area contributed by atoms with E-state index in [0.29, 0.717) is 5.92 Å². The highest BCUT2D eigenvalue weighted by atomic mass is 16.5. The zero-order chi connectivity index (χ0) is 24.3. The van der Waals surface area contributed by atoms with Gasteiger partial charge in [-0.3, -0.25) is 4.90 Å². The van der Waals surface area contributed by atoms with E-state index in [1.54, 1.807) is 0 Å². The topological polar surface area (TPSA) is 24.5 Å². The minimum Gasteiger partial charge on any atom is -0.489 e. The van der Waals surface area contributed by atoms with Crippen LogP contribution in [0, 0.1) is 0 Å². The van der Waals surface area contributed by atoms with E-state index in [0.717, 1.165) is 25.3 Å². The minimum atomic E-state index is 0.129. The molecule has 0 spiro atoms. The van der Waals surface area contributed by atoms with E-state index in [4.69, 9.17) is 4.74 Å². The van der Waals surface area contributed by atoms with Crippen molar-refractivity contribution in [1.29, 1.82) is 0 Å². The number of benzene rings is 4. The summed E-state index contributed by atoms with van der Waals surface area (Å²) in [4.78, 5) is 2.58.